The minimum atomic E-state index is -0.834. The smallest absolute Gasteiger partial charge is 0.306 e. The number of aliphatic carboxylic acids is 1. The summed E-state index contributed by atoms with van der Waals surface area (Å²) in [7, 11) is 0. The van der Waals surface area contributed by atoms with E-state index in [0.29, 0.717) is 19.3 Å². The highest BCUT2D eigenvalue weighted by atomic mass is 19.1. The highest BCUT2D eigenvalue weighted by molar-refractivity contribution is 5.94. The minimum Gasteiger partial charge on any atom is -0.481 e. The Hall–Kier alpha value is -1.98. The van der Waals surface area contributed by atoms with Crippen molar-refractivity contribution >= 4 is 11.9 Å². The topological polar surface area (TPSA) is 79.3 Å². The number of carbonyl (C=O) groups is 2. The predicted octanol–water partition coefficient (Wildman–Crippen LogP) is 1.20. The molecule has 1 fully saturated rings. The monoisotopic (exact) mass is 252 g/mol. The van der Waals surface area contributed by atoms with Gasteiger partial charge < -0.3 is 10.4 Å². The number of carbonyl (C=O) groups excluding carboxylic acids is 1. The summed E-state index contributed by atoms with van der Waals surface area (Å²) < 4.78 is 12.9. The van der Waals surface area contributed by atoms with Crippen LogP contribution in [0, 0.1) is 11.7 Å². The predicted molar refractivity (Wildman–Crippen MR) is 60.4 cm³/mol. The van der Waals surface area contributed by atoms with E-state index in [1.807, 2.05) is 0 Å². The molecule has 96 valence electrons. The lowest BCUT2D eigenvalue weighted by Crippen LogP contribution is -2.33. The van der Waals surface area contributed by atoms with E-state index in [4.69, 9.17) is 5.11 Å². The van der Waals surface area contributed by atoms with Crippen LogP contribution in [0.5, 0.6) is 0 Å². The van der Waals surface area contributed by atoms with Crippen molar-refractivity contribution in [2.24, 2.45) is 5.92 Å². The van der Waals surface area contributed by atoms with Crippen molar-refractivity contribution in [3.05, 3.63) is 29.8 Å². The van der Waals surface area contributed by atoms with E-state index in [-0.39, 0.29) is 11.6 Å². The largest absolute Gasteiger partial charge is 0.481 e. The molecule has 0 unspecified atom stereocenters. The molecule has 6 heteroatoms. The van der Waals surface area contributed by atoms with Crippen molar-refractivity contribution in [1.29, 1.82) is 0 Å². The van der Waals surface area contributed by atoms with Crippen LogP contribution in [0.4, 0.5) is 4.39 Å². The molecule has 5 nitrogen and oxygen atoms in total. The van der Waals surface area contributed by atoms with Crippen molar-refractivity contribution in [1.82, 2.24) is 10.3 Å². The number of rotatable bonds is 3. The molecule has 1 aromatic rings. The highest BCUT2D eigenvalue weighted by Gasteiger charge is 2.30. The summed E-state index contributed by atoms with van der Waals surface area (Å²) in [6.45, 7) is 0. The number of aromatic nitrogens is 1. The molecule has 1 saturated carbocycles. The minimum absolute atomic E-state index is 0.147. The van der Waals surface area contributed by atoms with E-state index in [2.05, 4.69) is 10.3 Å². The van der Waals surface area contributed by atoms with Gasteiger partial charge in [0.2, 0.25) is 0 Å². The van der Waals surface area contributed by atoms with Gasteiger partial charge in [0.05, 0.1) is 17.7 Å². The Kier molecular flexibility index (Phi) is 3.55. The van der Waals surface area contributed by atoms with Gasteiger partial charge in [0.15, 0.2) is 0 Å². The first-order valence-corrected chi connectivity index (χ1v) is 5.70. The maximum Gasteiger partial charge on any atom is 0.306 e. The normalized spacial score (nSPS) is 22.7. The Labute approximate surface area is 103 Å². The van der Waals surface area contributed by atoms with Crippen LogP contribution in [0.25, 0.3) is 0 Å². The van der Waals surface area contributed by atoms with Crippen LogP contribution in [0.15, 0.2) is 18.5 Å². The second kappa shape index (κ2) is 5.12. The maximum atomic E-state index is 12.9. The van der Waals surface area contributed by atoms with Crippen molar-refractivity contribution in [2.75, 3.05) is 0 Å². The zero-order valence-electron chi connectivity index (χ0n) is 9.60. The zero-order chi connectivity index (χ0) is 13.1. The summed E-state index contributed by atoms with van der Waals surface area (Å²) >= 11 is 0. The molecule has 1 aliphatic rings. The van der Waals surface area contributed by atoms with Gasteiger partial charge in [-0.3, -0.25) is 14.6 Å². The lowest BCUT2D eigenvalue weighted by Gasteiger charge is -2.12. The van der Waals surface area contributed by atoms with Gasteiger partial charge >= 0.3 is 5.97 Å². The molecule has 18 heavy (non-hydrogen) atoms. The molecular weight excluding hydrogens is 239 g/mol. The Morgan fingerprint density at radius 3 is 2.78 bits per heavy atom. The lowest BCUT2D eigenvalue weighted by molar-refractivity contribution is -0.141. The quantitative estimate of drug-likeness (QED) is 0.847. The van der Waals surface area contributed by atoms with Gasteiger partial charge in [0, 0.05) is 12.2 Å². The van der Waals surface area contributed by atoms with E-state index in [9.17, 15) is 14.0 Å². The average Bonchev–Trinajstić information content (AvgIpc) is 2.77. The lowest BCUT2D eigenvalue weighted by atomic mass is 10.1. The molecule has 2 N–H and O–H groups in total. The molecule has 1 aromatic heterocycles. The molecule has 0 spiro atoms. The third-order valence-electron chi connectivity index (χ3n) is 3.08. The molecular formula is C12H13FN2O3. The summed E-state index contributed by atoms with van der Waals surface area (Å²) in [5.74, 6) is -2.23. The second-order valence-corrected chi connectivity index (χ2v) is 4.41. The van der Waals surface area contributed by atoms with Gasteiger partial charge in [0.1, 0.15) is 5.82 Å². The molecule has 1 heterocycles. The number of nitrogens with one attached hydrogen (secondary N) is 1. The summed E-state index contributed by atoms with van der Waals surface area (Å²) in [6, 6.07) is 0.938. The number of carboxylic acid groups (broad SMARTS) is 1. The Balaban J connectivity index is 1.95. The van der Waals surface area contributed by atoms with Gasteiger partial charge in [0.25, 0.3) is 5.91 Å². The third kappa shape index (κ3) is 2.82. The summed E-state index contributed by atoms with van der Waals surface area (Å²) in [5, 5.41) is 11.5. The molecule has 2 atom stereocenters. The molecule has 0 aromatic carbocycles. The Morgan fingerprint density at radius 1 is 1.39 bits per heavy atom. The number of carboxylic acids is 1. The summed E-state index contributed by atoms with van der Waals surface area (Å²) in [6.07, 6.45) is 3.91. The van der Waals surface area contributed by atoms with Crippen molar-refractivity contribution in [2.45, 2.75) is 25.3 Å². The maximum absolute atomic E-state index is 12.9. The molecule has 1 aliphatic carbocycles. The van der Waals surface area contributed by atoms with E-state index in [1.54, 1.807) is 0 Å². The van der Waals surface area contributed by atoms with Crippen LogP contribution in [0.1, 0.15) is 29.6 Å². The van der Waals surface area contributed by atoms with Gasteiger partial charge in [-0.05, 0) is 25.3 Å². The van der Waals surface area contributed by atoms with Gasteiger partial charge in [-0.25, -0.2) is 4.39 Å². The first-order valence-electron chi connectivity index (χ1n) is 5.70. The fourth-order valence-electron chi connectivity index (χ4n) is 2.14. The number of hydrogen-bond donors (Lipinski definition) is 2. The fourth-order valence-corrected chi connectivity index (χ4v) is 2.14. The SMILES string of the molecule is O=C(N[C@H]1CC[C@@H](C(=O)O)C1)c1cncc(F)c1. The van der Waals surface area contributed by atoms with E-state index in [1.165, 1.54) is 6.20 Å². The van der Waals surface area contributed by atoms with Crippen LogP contribution in [-0.2, 0) is 4.79 Å². The first-order chi connectivity index (χ1) is 8.56. The standard InChI is InChI=1S/C12H13FN2O3/c13-9-3-8(5-14-6-9)11(16)15-10-2-1-7(4-10)12(17)18/h3,5-7,10H,1-2,4H2,(H,15,16)(H,17,18)/t7-,10+/m1/s1. The van der Waals surface area contributed by atoms with Gasteiger partial charge in [-0.2, -0.15) is 0 Å². The summed E-state index contributed by atoms with van der Waals surface area (Å²) in [4.78, 5) is 26.1. The van der Waals surface area contributed by atoms with Crippen LogP contribution in [0.3, 0.4) is 0 Å². The number of halogens is 1. The molecule has 0 saturated heterocycles. The number of nitrogens with zero attached hydrogens (tertiary/aromatic N) is 1. The van der Waals surface area contributed by atoms with E-state index in [0.717, 1.165) is 12.3 Å². The second-order valence-electron chi connectivity index (χ2n) is 4.41. The number of amides is 1. The molecule has 2 rings (SSSR count). The van der Waals surface area contributed by atoms with Gasteiger partial charge in [-0.1, -0.05) is 0 Å². The Morgan fingerprint density at radius 2 is 2.17 bits per heavy atom. The van der Waals surface area contributed by atoms with Crippen LogP contribution in [-0.4, -0.2) is 28.0 Å². The Bertz CT molecular complexity index is 478. The third-order valence-corrected chi connectivity index (χ3v) is 3.08. The van der Waals surface area contributed by atoms with Crippen LogP contribution >= 0.6 is 0 Å². The van der Waals surface area contributed by atoms with Crippen LogP contribution in [0.2, 0.25) is 0 Å². The average molecular weight is 252 g/mol. The fraction of sp³-hybridized carbons (Fsp3) is 0.417. The van der Waals surface area contributed by atoms with Gasteiger partial charge in [-0.15, -0.1) is 0 Å². The van der Waals surface area contributed by atoms with E-state index >= 15 is 0 Å². The molecule has 0 aliphatic heterocycles. The number of pyridine rings is 1. The molecule has 0 radical (unpaired) electrons. The van der Waals surface area contributed by atoms with Crippen molar-refractivity contribution in [3.8, 4) is 0 Å². The highest BCUT2D eigenvalue weighted by Crippen LogP contribution is 2.25. The van der Waals surface area contributed by atoms with Crippen molar-refractivity contribution < 1.29 is 19.1 Å². The molecule has 1 amide bonds. The zero-order valence-corrected chi connectivity index (χ0v) is 9.60. The van der Waals surface area contributed by atoms with Crippen LogP contribution < -0.4 is 5.32 Å². The van der Waals surface area contributed by atoms with E-state index < -0.39 is 23.6 Å². The number of hydrogen-bond acceptors (Lipinski definition) is 3. The summed E-state index contributed by atoms with van der Waals surface area (Å²) in [5.41, 5.74) is 0.147. The van der Waals surface area contributed by atoms with Crippen molar-refractivity contribution in [3.63, 3.8) is 0 Å². The molecule has 0 bridgehead atoms. The first kappa shape index (κ1) is 12.5.